The van der Waals surface area contributed by atoms with Gasteiger partial charge in [-0.1, -0.05) is 41.4 Å². The Bertz CT molecular complexity index is 1360. The molecule has 0 unspecified atom stereocenters. The van der Waals surface area contributed by atoms with E-state index in [0.717, 1.165) is 15.7 Å². The molecule has 0 radical (unpaired) electrons. The zero-order valence-electron chi connectivity index (χ0n) is 19.5. The number of aromatic nitrogens is 3. The molecule has 9 nitrogen and oxygen atoms in total. The first-order chi connectivity index (χ1) is 16.2. The van der Waals surface area contributed by atoms with Crippen molar-refractivity contribution in [1.82, 2.24) is 14.1 Å². The molecule has 34 heavy (non-hydrogen) atoms. The molecule has 0 saturated carbocycles. The van der Waals surface area contributed by atoms with E-state index in [-0.39, 0.29) is 18.6 Å². The molecule has 1 heterocycles. The van der Waals surface area contributed by atoms with Gasteiger partial charge in [-0.15, -0.1) is 0 Å². The number of methoxy groups -OCH3 is 1. The Kier molecular flexibility index (Phi) is 8.12. The maximum atomic E-state index is 13.4. The Labute approximate surface area is 201 Å². The Balaban J connectivity index is 2.18. The quantitative estimate of drug-likeness (QED) is 0.492. The van der Waals surface area contributed by atoms with E-state index < -0.39 is 23.4 Å². The summed E-state index contributed by atoms with van der Waals surface area (Å²) in [6, 6.07) is 11.9. The molecule has 0 aliphatic carbocycles. The van der Waals surface area contributed by atoms with Crippen LogP contribution in [0.3, 0.4) is 0 Å². The smallest absolute Gasteiger partial charge is 0.335 e. The fourth-order valence-electron chi connectivity index (χ4n) is 3.40. The van der Waals surface area contributed by atoms with E-state index in [2.05, 4.69) is 14.7 Å². The molecule has 2 aromatic carbocycles. The molecule has 1 N–H and O–H groups in total. The number of hydrogen-bond donors (Lipinski definition) is 1. The number of carbonyl (C=O) groups is 1. The lowest BCUT2D eigenvalue weighted by molar-refractivity contribution is -0.141. The van der Waals surface area contributed by atoms with Crippen molar-refractivity contribution in [2.45, 2.75) is 39.8 Å². The minimum Gasteiger partial charge on any atom is -0.492 e. The average molecular weight is 487 g/mol. The van der Waals surface area contributed by atoms with Crippen molar-refractivity contribution in [1.29, 1.82) is 0 Å². The summed E-state index contributed by atoms with van der Waals surface area (Å²) in [5.41, 5.74) is 1.12. The molecule has 3 rings (SSSR count). The first-order valence-corrected chi connectivity index (χ1v) is 11.2. The Morgan fingerprint density at radius 2 is 1.88 bits per heavy atom. The zero-order chi connectivity index (χ0) is 24.8. The van der Waals surface area contributed by atoms with Crippen molar-refractivity contribution in [3.63, 3.8) is 0 Å². The highest BCUT2D eigenvalue weighted by Gasteiger charge is 2.18. The van der Waals surface area contributed by atoms with Crippen LogP contribution in [-0.4, -0.2) is 33.8 Å². The van der Waals surface area contributed by atoms with E-state index in [1.165, 1.54) is 11.7 Å². The van der Waals surface area contributed by atoms with Crippen LogP contribution in [0.15, 0.2) is 57.0 Å². The van der Waals surface area contributed by atoms with E-state index in [1.54, 1.807) is 25.1 Å². The van der Waals surface area contributed by atoms with E-state index in [9.17, 15) is 14.4 Å². The summed E-state index contributed by atoms with van der Waals surface area (Å²) < 4.78 is 12.5. The first-order valence-electron chi connectivity index (χ1n) is 10.8. The predicted molar refractivity (Wildman–Crippen MR) is 129 cm³/mol. The fraction of sp³-hybridized carbons (Fsp3) is 0.333. The fourth-order valence-corrected chi connectivity index (χ4v) is 3.63. The molecule has 0 aliphatic heterocycles. The number of benzene rings is 2. The van der Waals surface area contributed by atoms with Crippen molar-refractivity contribution in [2.24, 2.45) is 4.99 Å². The highest BCUT2D eigenvalue weighted by atomic mass is 35.5. The van der Waals surface area contributed by atoms with Crippen molar-refractivity contribution >= 4 is 23.3 Å². The number of nitrogens with one attached hydrogen (secondary N) is 1. The number of halogens is 1. The molecule has 1 atom stereocenters. The third-order valence-electron chi connectivity index (χ3n) is 5.17. The molecule has 0 spiro atoms. The van der Waals surface area contributed by atoms with Crippen molar-refractivity contribution in [3.05, 3.63) is 85.2 Å². The van der Waals surface area contributed by atoms with E-state index >= 15 is 0 Å². The Morgan fingerprint density at radius 1 is 1.18 bits per heavy atom. The molecule has 0 amide bonds. The molecule has 0 aliphatic rings. The standard InChI is InChI=1S/C24H27ClN4O5/c1-5-34-20-11-10-18(13-19(20)25)26-22-27-23(31)29(16(3)12-21(30)33-4)24(32)28(22)14-17-8-6-15(2)7-9-17/h6-11,13,16H,5,12,14H2,1-4H3,(H,26,27,31)/t16-/m1/s1. The Morgan fingerprint density at radius 3 is 2.50 bits per heavy atom. The molecule has 180 valence electrons. The summed E-state index contributed by atoms with van der Waals surface area (Å²) in [6.45, 7) is 6.04. The van der Waals surface area contributed by atoms with Gasteiger partial charge in [-0.3, -0.25) is 14.3 Å². The summed E-state index contributed by atoms with van der Waals surface area (Å²) >= 11 is 6.28. The van der Waals surface area contributed by atoms with Crippen LogP contribution in [0.5, 0.6) is 5.75 Å². The maximum Gasteiger partial charge on any atom is 0.335 e. The maximum absolute atomic E-state index is 13.4. The van der Waals surface area contributed by atoms with Gasteiger partial charge in [0.05, 0.1) is 43.4 Å². The summed E-state index contributed by atoms with van der Waals surface area (Å²) in [6.07, 6.45) is -0.130. The number of aryl methyl sites for hydroxylation is 1. The molecule has 0 fully saturated rings. The van der Waals surface area contributed by atoms with Gasteiger partial charge in [0.1, 0.15) is 5.75 Å². The Hall–Kier alpha value is -3.59. The van der Waals surface area contributed by atoms with Crippen LogP contribution < -0.4 is 21.7 Å². The summed E-state index contributed by atoms with van der Waals surface area (Å²) in [4.78, 5) is 45.2. The molecule has 10 heteroatoms. The highest BCUT2D eigenvalue weighted by Crippen LogP contribution is 2.28. The molecular formula is C24H27ClN4O5. The minimum absolute atomic E-state index is 0.0531. The van der Waals surface area contributed by atoms with Gasteiger partial charge in [0.15, 0.2) is 0 Å². The topological polar surface area (TPSA) is 108 Å². The third kappa shape index (κ3) is 5.85. The lowest BCUT2D eigenvalue weighted by atomic mass is 10.1. The van der Waals surface area contributed by atoms with Gasteiger partial charge < -0.3 is 9.47 Å². The number of nitrogens with zero attached hydrogens (tertiary/aromatic N) is 3. The van der Waals surface area contributed by atoms with Crippen LogP contribution in [0, 0.1) is 6.92 Å². The van der Waals surface area contributed by atoms with E-state index in [0.29, 0.717) is 23.1 Å². The molecule has 1 aromatic heterocycles. The second kappa shape index (κ2) is 11.0. The molecular weight excluding hydrogens is 460 g/mol. The number of rotatable bonds is 8. The molecule has 0 bridgehead atoms. The lowest BCUT2D eigenvalue weighted by Gasteiger charge is -2.16. The molecule has 0 saturated heterocycles. The van der Waals surface area contributed by atoms with Crippen LogP contribution in [0.2, 0.25) is 5.02 Å². The number of ether oxygens (including phenoxy) is 2. The first kappa shape index (κ1) is 25.0. The average Bonchev–Trinajstić information content (AvgIpc) is 2.79. The number of esters is 1. The number of carbonyl (C=O) groups excluding carboxylic acids is 1. The number of H-pyrrole nitrogens is 1. The van der Waals surface area contributed by atoms with Crippen LogP contribution in [0.1, 0.15) is 37.4 Å². The monoisotopic (exact) mass is 486 g/mol. The second-order valence-electron chi connectivity index (χ2n) is 7.77. The van der Waals surface area contributed by atoms with E-state index in [1.807, 2.05) is 38.1 Å². The summed E-state index contributed by atoms with van der Waals surface area (Å²) in [7, 11) is 1.25. The van der Waals surface area contributed by atoms with Gasteiger partial charge >= 0.3 is 17.3 Å². The number of hydrogen-bond acceptors (Lipinski definition) is 6. The van der Waals surface area contributed by atoms with Crippen LogP contribution in [-0.2, 0) is 16.1 Å². The van der Waals surface area contributed by atoms with Crippen LogP contribution >= 0.6 is 11.6 Å². The highest BCUT2D eigenvalue weighted by molar-refractivity contribution is 6.32. The minimum atomic E-state index is -0.720. The van der Waals surface area contributed by atoms with Gasteiger partial charge in [-0.2, -0.15) is 0 Å². The molecule has 3 aromatic rings. The summed E-state index contributed by atoms with van der Waals surface area (Å²) in [5, 5.41) is 0.357. The van der Waals surface area contributed by atoms with Gasteiger partial charge in [-0.05, 0) is 44.5 Å². The van der Waals surface area contributed by atoms with Crippen LogP contribution in [0.25, 0.3) is 0 Å². The normalized spacial score (nSPS) is 12.4. The van der Waals surface area contributed by atoms with Crippen molar-refractivity contribution in [2.75, 3.05) is 13.7 Å². The van der Waals surface area contributed by atoms with Gasteiger partial charge in [-0.25, -0.2) is 19.1 Å². The van der Waals surface area contributed by atoms with Crippen molar-refractivity contribution < 1.29 is 14.3 Å². The largest absolute Gasteiger partial charge is 0.492 e. The number of aromatic amines is 1. The predicted octanol–water partition coefficient (Wildman–Crippen LogP) is 3.10. The second-order valence-corrected chi connectivity index (χ2v) is 8.17. The van der Waals surface area contributed by atoms with Gasteiger partial charge in [0, 0.05) is 0 Å². The van der Waals surface area contributed by atoms with Crippen LogP contribution in [0.4, 0.5) is 5.69 Å². The van der Waals surface area contributed by atoms with Crippen molar-refractivity contribution in [3.8, 4) is 5.75 Å². The SMILES string of the molecule is CCOc1ccc(/N=c2\[nH]c(=O)n([C@H](C)CC(=O)OC)c(=O)n2Cc2ccc(C)cc2)cc1Cl. The van der Waals surface area contributed by atoms with Gasteiger partial charge in [0.2, 0.25) is 5.62 Å². The van der Waals surface area contributed by atoms with E-state index in [4.69, 9.17) is 16.3 Å². The zero-order valence-corrected chi connectivity index (χ0v) is 20.3. The lowest BCUT2D eigenvalue weighted by Crippen LogP contribution is -2.51. The van der Waals surface area contributed by atoms with Gasteiger partial charge in [0.25, 0.3) is 0 Å². The third-order valence-corrected chi connectivity index (χ3v) is 5.47. The summed E-state index contributed by atoms with van der Waals surface area (Å²) in [5.74, 6) is -0.0159.